The Labute approximate surface area is 249 Å². The predicted molar refractivity (Wildman–Crippen MR) is 164 cm³/mol. The van der Waals surface area contributed by atoms with Crippen molar-refractivity contribution in [3.63, 3.8) is 0 Å². The van der Waals surface area contributed by atoms with Crippen molar-refractivity contribution in [2.45, 2.75) is 63.2 Å². The van der Waals surface area contributed by atoms with Crippen LogP contribution in [0.4, 0.5) is 20.4 Å². The quantitative estimate of drug-likeness (QED) is 0.278. The van der Waals surface area contributed by atoms with Gasteiger partial charge in [-0.1, -0.05) is 36.4 Å². The van der Waals surface area contributed by atoms with E-state index < -0.39 is 27.6 Å². The molecule has 0 saturated heterocycles. The molecule has 2 heterocycles. The van der Waals surface area contributed by atoms with Crippen LogP contribution in [0.25, 0.3) is 22.4 Å². The van der Waals surface area contributed by atoms with E-state index in [-0.39, 0.29) is 46.8 Å². The molecule has 13 heteroatoms. The third kappa shape index (κ3) is 6.83. The van der Waals surface area contributed by atoms with Gasteiger partial charge in [-0.05, 0) is 58.5 Å². The summed E-state index contributed by atoms with van der Waals surface area (Å²) in [4.78, 5) is 28.9. The Morgan fingerprint density at radius 3 is 2.49 bits per heavy atom. The zero-order valence-corrected chi connectivity index (χ0v) is 25.3. The van der Waals surface area contributed by atoms with E-state index in [1.165, 1.54) is 22.9 Å². The van der Waals surface area contributed by atoms with Gasteiger partial charge in [-0.25, -0.2) is 27.2 Å². The van der Waals surface area contributed by atoms with Gasteiger partial charge in [0.1, 0.15) is 23.2 Å². The summed E-state index contributed by atoms with van der Waals surface area (Å²) in [5.74, 6) is -0.893. The van der Waals surface area contributed by atoms with Gasteiger partial charge in [-0.3, -0.25) is 14.1 Å². The number of halogens is 2. The minimum absolute atomic E-state index is 0.0228. The van der Waals surface area contributed by atoms with E-state index in [2.05, 4.69) is 25.0 Å². The SMILES string of the molecule is CC(C)n1c(=O)c(-c2ccc(NS(=O)(=O)Cc3ccccc3)c(F)c2)nc2cnc(N[C@@H]3CC[C@@H](N(C)C)[C@H](F)C3)nc21. The van der Waals surface area contributed by atoms with Crippen LogP contribution in [0.15, 0.2) is 59.5 Å². The second-order valence-corrected chi connectivity index (χ2v) is 13.1. The molecule has 0 amide bonds. The summed E-state index contributed by atoms with van der Waals surface area (Å²) < 4.78 is 58.9. The molecule has 0 bridgehead atoms. The van der Waals surface area contributed by atoms with Crippen LogP contribution in [0.1, 0.15) is 44.7 Å². The first kappa shape index (κ1) is 30.5. The Morgan fingerprint density at radius 1 is 1.09 bits per heavy atom. The van der Waals surface area contributed by atoms with Crippen LogP contribution in [0, 0.1) is 5.82 Å². The topological polar surface area (TPSA) is 122 Å². The molecule has 5 rings (SSSR count). The van der Waals surface area contributed by atoms with Crippen molar-refractivity contribution in [1.29, 1.82) is 0 Å². The highest BCUT2D eigenvalue weighted by atomic mass is 32.2. The second-order valence-electron chi connectivity index (χ2n) is 11.4. The maximum atomic E-state index is 15.2. The third-order valence-electron chi connectivity index (χ3n) is 7.59. The van der Waals surface area contributed by atoms with Gasteiger partial charge in [0.15, 0.2) is 5.65 Å². The van der Waals surface area contributed by atoms with Gasteiger partial charge in [0.2, 0.25) is 16.0 Å². The van der Waals surface area contributed by atoms with E-state index in [9.17, 15) is 17.6 Å². The van der Waals surface area contributed by atoms with Gasteiger partial charge >= 0.3 is 0 Å². The molecule has 3 atom stereocenters. The Kier molecular flexibility index (Phi) is 8.74. The number of rotatable bonds is 9. The lowest BCUT2D eigenvalue weighted by molar-refractivity contribution is 0.109. The first-order chi connectivity index (χ1) is 20.4. The highest BCUT2D eigenvalue weighted by Crippen LogP contribution is 2.28. The minimum atomic E-state index is -3.88. The highest BCUT2D eigenvalue weighted by Gasteiger charge is 2.32. The predicted octanol–water partition coefficient (Wildman–Crippen LogP) is 4.75. The van der Waals surface area contributed by atoms with E-state index in [0.29, 0.717) is 29.6 Å². The first-order valence-corrected chi connectivity index (χ1v) is 15.8. The molecular formula is C30H35F2N7O3S. The highest BCUT2D eigenvalue weighted by molar-refractivity contribution is 7.91. The molecule has 0 unspecified atom stereocenters. The van der Waals surface area contributed by atoms with Crippen LogP contribution in [0.2, 0.25) is 0 Å². The molecule has 0 radical (unpaired) electrons. The van der Waals surface area contributed by atoms with Crippen molar-refractivity contribution in [3.05, 3.63) is 76.5 Å². The van der Waals surface area contributed by atoms with E-state index >= 15 is 4.39 Å². The van der Waals surface area contributed by atoms with Gasteiger partial charge < -0.3 is 10.2 Å². The molecule has 10 nitrogen and oxygen atoms in total. The lowest BCUT2D eigenvalue weighted by atomic mass is 9.89. The molecule has 43 heavy (non-hydrogen) atoms. The molecule has 4 aromatic rings. The molecular weight excluding hydrogens is 576 g/mol. The molecule has 1 aliphatic rings. The smallest absolute Gasteiger partial charge is 0.278 e. The molecule has 1 saturated carbocycles. The van der Waals surface area contributed by atoms with Crippen LogP contribution in [0.3, 0.4) is 0 Å². The molecule has 228 valence electrons. The summed E-state index contributed by atoms with van der Waals surface area (Å²) in [5.41, 5.74) is 0.611. The summed E-state index contributed by atoms with van der Waals surface area (Å²) in [6, 6.07) is 11.8. The van der Waals surface area contributed by atoms with E-state index in [1.807, 2.05) is 32.8 Å². The van der Waals surface area contributed by atoms with Crippen molar-refractivity contribution in [2.24, 2.45) is 0 Å². The second kappa shape index (κ2) is 12.3. The Bertz CT molecular complexity index is 1780. The number of fused-ring (bicyclic) bond motifs is 1. The van der Waals surface area contributed by atoms with Crippen LogP contribution in [0.5, 0.6) is 0 Å². The summed E-state index contributed by atoms with van der Waals surface area (Å²) in [6.45, 7) is 3.64. The van der Waals surface area contributed by atoms with E-state index in [0.717, 1.165) is 12.5 Å². The number of hydrogen-bond donors (Lipinski definition) is 2. The van der Waals surface area contributed by atoms with Crippen LogP contribution in [-0.4, -0.2) is 65.2 Å². The average molecular weight is 612 g/mol. The molecule has 1 fully saturated rings. The van der Waals surface area contributed by atoms with Gasteiger partial charge in [-0.2, -0.15) is 4.98 Å². The number of nitrogens with one attached hydrogen (secondary N) is 2. The Hall–Kier alpha value is -3.97. The van der Waals surface area contributed by atoms with Gasteiger partial charge in [0.05, 0.1) is 17.6 Å². The number of benzene rings is 2. The van der Waals surface area contributed by atoms with E-state index in [1.54, 1.807) is 30.3 Å². The summed E-state index contributed by atoms with van der Waals surface area (Å²) in [6.07, 6.45) is 2.27. The van der Waals surface area contributed by atoms with Crippen molar-refractivity contribution in [3.8, 4) is 11.3 Å². The number of nitrogens with zero attached hydrogens (tertiary/aromatic N) is 5. The largest absolute Gasteiger partial charge is 0.351 e. The molecule has 1 aliphatic carbocycles. The zero-order valence-electron chi connectivity index (χ0n) is 24.5. The van der Waals surface area contributed by atoms with Gasteiger partial charge in [-0.15, -0.1) is 0 Å². The summed E-state index contributed by atoms with van der Waals surface area (Å²) in [7, 11) is -0.132. The number of hydrogen-bond acceptors (Lipinski definition) is 8. The van der Waals surface area contributed by atoms with Crippen LogP contribution in [-0.2, 0) is 15.8 Å². The van der Waals surface area contributed by atoms with Crippen molar-refractivity contribution < 1.29 is 17.2 Å². The fraction of sp³-hybridized carbons (Fsp3) is 0.400. The van der Waals surface area contributed by atoms with Crippen LogP contribution >= 0.6 is 0 Å². The number of anilines is 2. The number of sulfonamides is 1. The fourth-order valence-electron chi connectivity index (χ4n) is 5.48. The molecule has 0 spiro atoms. The van der Waals surface area contributed by atoms with Crippen molar-refractivity contribution >= 4 is 32.8 Å². The van der Waals surface area contributed by atoms with Crippen LogP contribution < -0.4 is 15.6 Å². The molecule has 2 aromatic carbocycles. The molecule has 2 N–H and O–H groups in total. The average Bonchev–Trinajstić information content (AvgIpc) is 2.93. The molecule has 0 aliphatic heterocycles. The van der Waals surface area contributed by atoms with Crippen molar-refractivity contribution in [2.75, 3.05) is 24.1 Å². The maximum Gasteiger partial charge on any atom is 0.278 e. The Balaban J connectivity index is 1.41. The third-order valence-corrected chi connectivity index (χ3v) is 8.83. The zero-order chi connectivity index (χ0) is 30.9. The number of alkyl halides is 1. The first-order valence-electron chi connectivity index (χ1n) is 14.1. The van der Waals surface area contributed by atoms with Gasteiger partial charge in [0.25, 0.3) is 5.56 Å². The Morgan fingerprint density at radius 2 is 1.84 bits per heavy atom. The maximum absolute atomic E-state index is 15.2. The number of aromatic nitrogens is 4. The van der Waals surface area contributed by atoms with Gasteiger partial charge in [0, 0.05) is 30.1 Å². The normalized spacial score (nSPS) is 19.2. The lowest BCUT2D eigenvalue weighted by Gasteiger charge is -2.35. The lowest BCUT2D eigenvalue weighted by Crippen LogP contribution is -2.44. The standard InChI is InChI=1S/C30H35F2N7O3S/c1-18(2)39-28-25(16-33-30(36-28)34-21-11-13-26(38(3)4)23(32)15-21)35-27(29(39)40)20-10-12-24(22(31)14-20)37-43(41,42)17-19-8-6-5-7-9-19/h5-10,12,14,16,18,21,23,26,37H,11,13,15,17H2,1-4H3,(H,33,34,36)/t21-,23-,26-/m1/s1. The molecule has 2 aromatic heterocycles. The van der Waals surface area contributed by atoms with Crippen molar-refractivity contribution in [1.82, 2.24) is 24.4 Å². The minimum Gasteiger partial charge on any atom is -0.351 e. The monoisotopic (exact) mass is 611 g/mol. The summed E-state index contributed by atoms with van der Waals surface area (Å²) in [5, 5.41) is 3.21. The van der Waals surface area contributed by atoms with E-state index in [4.69, 9.17) is 0 Å². The fourth-order valence-corrected chi connectivity index (χ4v) is 6.68. The summed E-state index contributed by atoms with van der Waals surface area (Å²) >= 11 is 0.